The number of amides is 1. The molecule has 1 amide bonds. The number of aliphatic carboxylic acids is 1. The predicted molar refractivity (Wildman–Crippen MR) is 144 cm³/mol. The Hall–Kier alpha value is -2.97. The number of carbonyl (C=O) groups excluding carboxylic acids is 1. The quantitative estimate of drug-likeness (QED) is 0.404. The van der Waals surface area contributed by atoms with Crippen LogP contribution in [0.4, 0.5) is 5.82 Å². The Labute approximate surface area is 219 Å². The Bertz CT molecular complexity index is 1060. The number of aryl methyl sites for hydroxylation is 1. The highest BCUT2D eigenvalue weighted by atomic mass is 16.5. The first-order valence-electron chi connectivity index (χ1n) is 13.4. The third kappa shape index (κ3) is 7.76. The molecular formula is C29H40N4O4. The number of fused-ring (bicyclic) bond motifs is 1. The summed E-state index contributed by atoms with van der Waals surface area (Å²) in [6.45, 7) is 7.56. The zero-order chi connectivity index (χ0) is 26.3. The summed E-state index contributed by atoms with van der Waals surface area (Å²) in [6.07, 6.45) is 4.99. The molecule has 3 heterocycles. The Morgan fingerprint density at radius 1 is 1.24 bits per heavy atom. The van der Waals surface area contributed by atoms with Crippen molar-refractivity contribution < 1.29 is 19.4 Å². The molecule has 37 heavy (non-hydrogen) atoms. The first-order chi connectivity index (χ1) is 17.8. The summed E-state index contributed by atoms with van der Waals surface area (Å²) in [5.74, 6) is -0.223. The molecule has 0 saturated carbocycles. The van der Waals surface area contributed by atoms with Crippen LogP contribution in [0, 0.1) is 5.41 Å². The smallest absolute Gasteiger partial charge is 0.326 e. The molecule has 8 heteroatoms. The number of carboxylic acids is 1. The number of nitrogens with zero attached hydrogens (tertiary/aromatic N) is 2. The highest BCUT2D eigenvalue weighted by molar-refractivity contribution is 5.87. The van der Waals surface area contributed by atoms with E-state index in [1.54, 1.807) is 0 Å². The minimum atomic E-state index is -0.997. The zero-order valence-electron chi connectivity index (χ0n) is 22.0. The van der Waals surface area contributed by atoms with Gasteiger partial charge in [0.05, 0.1) is 12.7 Å². The van der Waals surface area contributed by atoms with E-state index in [4.69, 9.17) is 9.72 Å². The monoisotopic (exact) mass is 508 g/mol. The maximum absolute atomic E-state index is 12.9. The number of rotatable bonds is 12. The lowest BCUT2D eigenvalue weighted by molar-refractivity contribution is -0.143. The van der Waals surface area contributed by atoms with Crippen LogP contribution in [-0.4, -0.2) is 71.8 Å². The highest BCUT2D eigenvalue weighted by Gasteiger charge is 2.32. The fourth-order valence-electron chi connectivity index (χ4n) is 5.08. The second-order valence-electron chi connectivity index (χ2n) is 10.9. The van der Waals surface area contributed by atoms with Gasteiger partial charge in [0.15, 0.2) is 0 Å². The van der Waals surface area contributed by atoms with Gasteiger partial charge in [0.1, 0.15) is 11.9 Å². The van der Waals surface area contributed by atoms with E-state index in [1.165, 1.54) is 5.56 Å². The van der Waals surface area contributed by atoms with Crippen LogP contribution in [-0.2, 0) is 33.6 Å². The molecule has 2 aromatic rings. The van der Waals surface area contributed by atoms with Crippen molar-refractivity contribution >= 4 is 17.7 Å². The third-order valence-electron chi connectivity index (χ3n) is 7.33. The molecule has 200 valence electrons. The van der Waals surface area contributed by atoms with E-state index in [0.29, 0.717) is 26.0 Å². The van der Waals surface area contributed by atoms with Crippen LogP contribution in [0.25, 0.3) is 0 Å². The van der Waals surface area contributed by atoms with Crippen molar-refractivity contribution in [2.75, 3.05) is 38.1 Å². The van der Waals surface area contributed by atoms with Crippen molar-refractivity contribution in [1.29, 1.82) is 0 Å². The summed E-state index contributed by atoms with van der Waals surface area (Å²) in [6, 6.07) is 13.1. The molecule has 1 aromatic heterocycles. The fourth-order valence-corrected chi connectivity index (χ4v) is 5.08. The molecule has 4 rings (SSSR count). The van der Waals surface area contributed by atoms with Crippen LogP contribution in [0.5, 0.6) is 0 Å². The number of nitrogens with one attached hydrogen (secondary N) is 2. The van der Waals surface area contributed by atoms with Gasteiger partial charge in [0.25, 0.3) is 0 Å². The van der Waals surface area contributed by atoms with Gasteiger partial charge in [-0.1, -0.05) is 50.2 Å². The van der Waals surface area contributed by atoms with Gasteiger partial charge in [-0.3, -0.25) is 4.79 Å². The summed E-state index contributed by atoms with van der Waals surface area (Å²) in [7, 11) is 0. The lowest BCUT2D eigenvalue weighted by Gasteiger charge is -2.27. The molecule has 1 aromatic carbocycles. The molecular weight excluding hydrogens is 468 g/mol. The second kappa shape index (κ2) is 12.5. The first-order valence-corrected chi connectivity index (χ1v) is 13.4. The van der Waals surface area contributed by atoms with Crippen LogP contribution >= 0.6 is 0 Å². The van der Waals surface area contributed by atoms with Gasteiger partial charge in [0.2, 0.25) is 5.91 Å². The normalized spacial score (nSPS) is 18.6. The van der Waals surface area contributed by atoms with Crippen LogP contribution in [0.2, 0.25) is 0 Å². The van der Waals surface area contributed by atoms with Gasteiger partial charge in [-0.25, -0.2) is 9.78 Å². The summed E-state index contributed by atoms with van der Waals surface area (Å²) in [5, 5.41) is 15.9. The van der Waals surface area contributed by atoms with E-state index < -0.39 is 17.4 Å². The number of ether oxygens (including phenoxy) is 1. The number of anilines is 1. The van der Waals surface area contributed by atoms with Crippen molar-refractivity contribution in [1.82, 2.24) is 15.2 Å². The summed E-state index contributed by atoms with van der Waals surface area (Å²) >= 11 is 0. The van der Waals surface area contributed by atoms with Crippen LogP contribution in [0.1, 0.15) is 49.9 Å². The van der Waals surface area contributed by atoms with E-state index in [-0.39, 0.29) is 12.0 Å². The van der Waals surface area contributed by atoms with Gasteiger partial charge in [0, 0.05) is 43.7 Å². The number of benzene rings is 1. The zero-order valence-corrected chi connectivity index (χ0v) is 22.0. The number of hydrogen-bond acceptors (Lipinski definition) is 6. The number of aromatic nitrogens is 1. The average molecular weight is 509 g/mol. The minimum Gasteiger partial charge on any atom is -0.480 e. The van der Waals surface area contributed by atoms with E-state index in [9.17, 15) is 14.7 Å². The van der Waals surface area contributed by atoms with Crippen molar-refractivity contribution in [3.63, 3.8) is 0 Å². The van der Waals surface area contributed by atoms with Gasteiger partial charge in [-0.2, -0.15) is 0 Å². The van der Waals surface area contributed by atoms with Gasteiger partial charge >= 0.3 is 5.97 Å². The molecule has 0 bridgehead atoms. The minimum absolute atomic E-state index is 0.137. The lowest BCUT2D eigenvalue weighted by Crippen LogP contribution is -2.48. The number of likely N-dealkylation sites (tertiary alicyclic amines) is 1. The molecule has 1 fully saturated rings. The molecule has 2 atom stereocenters. The van der Waals surface area contributed by atoms with Crippen LogP contribution in [0.15, 0.2) is 42.5 Å². The van der Waals surface area contributed by atoms with E-state index in [0.717, 1.165) is 62.4 Å². The number of carbonyl (C=O) groups is 2. The van der Waals surface area contributed by atoms with Crippen LogP contribution < -0.4 is 10.6 Å². The van der Waals surface area contributed by atoms with Crippen molar-refractivity contribution in [2.24, 2.45) is 5.41 Å². The van der Waals surface area contributed by atoms with Crippen molar-refractivity contribution in [2.45, 2.75) is 64.5 Å². The van der Waals surface area contributed by atoms with Crippen molar-refractivity contribution in [3.05, 3.63) is 59.3 Å². The second-order valence-corrected chi connectivity index (χ2v) is 10.9. The standard InChI is InChI=1S/C29H40N4O4/c1-29(2,19-21-7-4-3-5-8-21)28(36)32-25(27(34)35)13-17-33-16-12-24(20-33)37-18-14-23-11-10-22-9-6-15-30-26(22)31-23/h3-5,7-8,10-11,24-25H,6,9,12-20H2,1-2H3,(H,30,31)(H,32,36)(H,34,35). The third-order valence-corrected chi connectivity index (χ3v) is 7.33. The van der Waals surface area contributed by atoms with Crippen molar-refractivity contribution in [3.8, 4) is 0 Å². The summed E-state index contributed by atoms with van der Waals surface area (Å²) in [5.41, 5.74) is 2.68. The molecule has 2 aliphatic heterocycles. The number of pyridine rings is 1. The molecule has 2 aliphatic rings. The lowest BCUT2D eigenvalue weighted by atomic mass is 9.84. The Balaban J connectivity index is 1.18. The van der Waals surface area contributed by atoms with E-state index in [1.807, 2.05) is 44.2 Å². The fraction of sp³-hybridized carbons (Fsp3) is 0.552. The topological polar surface area (TPSA) is 104 Å². The molecule has 8 nitrogen and oxygen atoms in total. The molecule has 1 saturated heterocycles. The maximum Gasteiger partial charge on any atom is 0.326 e. The SMILES string of the molecule is CC(C)(Cc1ccccc1)C(=O)NC(CCN1CCC(OCCc2ccc3c(n2)NCCC3)C1)C(=O)O. The Kier molecular flexibility index (Phi) is 9.16. The van der Waals surface area contributed by atoms with Crippen LogP contribution in [0.3, 0.4) is 0 Å². The van der Waals surface area contributed by atoms with Gasteiger partial charge in [-0.15, -0.1) is 0 Å². The average Bonchev–Trinajstić information content (AvgIpc) is 3.34. The first kappa shape index (κ1) is 27.1. The molecule has 0 aliphatic carbocycles. The summed E-state index contributed by atoms with van der Waals surface area (Å²) in [4.78, 5) is 31.8. The number of hydrogen-bond donors (Lipinski definition) is 3. The van der Waals surface area contributed by atoms with E-state index in [2.05, 4.69) is 27.7 Å². The largest absolute Gasteiger partial charge is 0.480 e. The Morgan fingerprint density at radius 3 is 2.84 bits per heavy atom. The van der Waals surface area contributed by atoms with E-state index >= 15 is 0 Å². The van der Waals surface area contributed by atoms with Gasteiger partial charge < -0.3 is 25.4 Å². The highest BCUT2D eigenvalue weighted by Crippen LogP contribution is 2.23. The van der Waals surface area contributed by atoms with Gasteiger partial charge in [-0.05, 0) is 49.3 Å². The molecule has 2 unspecified atom stereocenters. The molecule has 0 radical (unpaired) electrons. The number of carboxylic acid groups (broad SMARTS) is 1. The molecule has 3 N–H and O–H groups in total. The summed E-state index contributed by atoms with van der Waals surface area (Å²) < 4.78 is 6.11. The predicted octanol–water partition coefficient (Wildman–Crippen LogP) is 3.30. The molecule has 0 spiro atoms. The Morgan fingerprint density at radius 2 is 2.05 bits per heavy atom. The maximum atomic E-state index is 12.9.